The van der Waals surface area contributed by atoms with Gasteiger partial charge < -0.3 is 9.30 Å². The van der Waals surface area contributed by atoms with E-state index in [0.29, 0.717) is 12.5 Å². The van der Waals surface area contributed by atoms with Crippen molar-refractivity contribution in [3.63, 3.8) is 0 Å². The molecule has 0 fully saturated rings. The molecule has 0 spiro atoms. The predicted molar refractivity (Wildman–Crippen MR) is 72.8 cm³/mol. The molecule has 0 amide bonds. The Labute approximate surface area is 108 Å². The summed E-state index contributed by atoms with van der Waals surface area (Å²) >= 11 is 0. The van der Waals surface area contributed by atoms with Crippen LogP contribution in [0.3, 0.4) is 0 Å². The van der Waals surface area contributed by atoms with Gasteiger partial charge in [0, 0.05) is 18.9 Å². The van der Waals surface area contributed by atoms with Crippen molar-refractivity contribution >= 4 is 0 Å². The largest absolute Gasteiger partial charge is 0.486 e. The SMILES string of the molecule is CCn1ccnc1COc1ccc(C(C)C)cc1. The zero-order chi connectivity index (χ0) is 13.0. The van der Waals surface area contributed by atoms with Crippen LogP contribution in [0.2, 0.25) is 0 Å². The van der Waals surface area contributed by atoms with Gasteiger partial charge in [0.15, 0.2) is 0 Å². The molecule has 96 valence electrons. The van der Waals surface area contributed by atoms with Crippen molar-refractivity contribution in [1.82, 2.24) is 9.55 Å². The summed E-state index contributed by atoms with van der Waals surface area (Å²) in [5.74, 6) is 2.41. The molecule has 3 heteroatoms. The average molecular weight is 244 g/mol. The number of hydrogen-bond donors (Lipinski definition) is 0. The molecule has 0 aliphatic heterocycles. The van der Waals surface area contributed by atoms with Gasteiger partial charge in [0.2, 0.25) is 0 Å². The van der Waals surface area contributed by atoms with Gasteiger partial charge in [-0.25, -0.2) is 4.98 Å². The lowest BCUT2D eigenvalue weighted by atomic mass is 10.0. The molecule has 0 bridgehead atoms. The number of benzene rings is 1. The van der Waals surface area contributed by atoms with Gasteiger partial charge in [0.05, 0.1) is 0 Å². The predicted octanol–water partition coefficient (Wildman–Crippen LogP) is 3.61. The molecule has 0 atom stereocenters. The third-order valence-corrected chi connectivity index (χ3v) is 3.06. The third-order valence-electron chi connectivity index (χ3n) is 3.06. The van der Waals surface area contributed by atoms with Gasteiger partial charge in [0.25, 0.3) is 0 Å². The van der Waals surface area contributed by atoms with Crippen molar-refractivity contribution in [3.8, 4) is 5.75 Å². The first-order valence-electron chi connectivity index (χ1n) is 6.43. The third kappa shape index (κ3) is 2.92. The lowest BCUT2D eigenvalue weighted by Crippen LogP contribution is -2.05. The number of aromatic nitrogens is 2. The summed E-state index contributed by atoms with van der Waals surface area (Å²) in [6.45, 7) is 7.91. The maximum atomic E-state index is 5.74. The van der Waals surface area contributed by atoms with E-state index in [2.05, 4.69) is 42.5 Å². The molecule has 1 heterocycles. The molecule has 0 aliphatic rings. The summed E-state index contributed by atoms with van der Waals surface area (Å²) in [5.41, 5.74) is 1.33. The second-order valence-corrected chi connectivity index (χ2v) is 4.64. The Balaban J connectivity index is 1.98. The Morgan fingerprint density at radius 1 is 1.22 bits per heavy atom. The van der Waals surface area contributed by atoms with Crippen LogP contribution in [0, 0.1) is 0 Å². The van der Waals surface area contributed by atoms with E-state index in [1.54, 1.807) is 0 Å². The van der Waals surface area contributed by atoms with E-state index < -0.39 is 0 Å². The highest BCUT2D eigenvalue weighted by Gasteiger charge is 2.03. The molecule has 1 aromatic carbocycles. The Hall–Kier alpha value is -1.77. The standard InChI is InChI=1S/C15H20N2O/c1-4-17-10-9-16-15(17)11-18-14-7-5-13(6-8-14)12(2)3/h5-10,12H,4,11H2,1-3H3. The Morgan fingerprint density at radius 3 is 2.56 bits per heavy atom. The highest BCUT2D eigenvalue weighted by molar-refractivity contribution is 5.28. The Morgan fingerprint density at radius 2 is 1.94 bits per heavy atom. The molecule has 0 saturated carbocycles. The quantitative estimate of drug-likeness (QED) is 0.803. The van der Waals surface area contributed by atoms with Crippen LogP contribution in [0.1, 0.15) is 38.1 Å². The summed E-state index contributed by atoms with van der Waals surface area (Å²) in [5, 5.41) is 0. The van der Waals surface area contributed by atoms with E-state index in [1.165, 1.54) is 5.56 Å². The molecule has 2 rings (SSSR count). The van der Waals surface area contributed by atoms with Gasteiger partial charge in [-0.2, -0.15) is 0 Å². The van der Waals surface area contributed by atoms with Crippen LogP contribution in [0.15, 0.2) is 36.7 Å². The lowest BCUT2D eigenvalue weighted by molar-refractivity contribution is 0.290. The molecule has 2 aromatic rings. The van der Waals surface area contributed by atoms with Crippen LogP contribution < -0.4 is 4.74 Å². The Kier molecular flexibility index (Phi) is 4.03. The fourth-order valence-electron chi connectivity index (χ4n) is 1.86. The molecule has 18 heavy (non-hydrogen) atoms. The molecule has 3 nitrogen and oxygen atoms in total. The smallest absolute Gasteiger partial charge is 0.146 e. The summed E-state index contributed by atoms with van der Waals surface area (Å²) in [6, 6.07) is 8.28. The second-order valence-electron chi connectivity index (χ2n) is 4.64. The lowest BCUT2D eigenvalue weighted by Gasteiger charge is -2.09. The van der Waals surface area contributed by atoms with E-state index in [1.807, 2.05) is 24.5 Å². The van der Waals surface area contributed by atoms with E-state index in [9.17, 15) is 0 Å². The fraction of sp³-hybridized carbons (Fsp3) is 0.400. The van der Waals surface area contributed by atoms with Gasteiger partial charge in [-0.1, -0.05) is 26.0 Å². The average Bonchev–Trinajstić information content (AvgIpc) is 2.84. The van der Waals surface area contributed by atoms with Gasteiger partial charge in [-0.3, -0.25) is 0 Å². The summed E-state index contributed by atoms with van der Waals surface area (Å²) in [4.78, 5) is 4.29. The number of imidazole rings is 1. The summed E-state index contributed by atoms with van der Waals surface area (Å²) in [6.07, 6.45) is 3.78. The molecule has 0 unspecified atom stereocenters. The molecule has 0 radical (unpaired) electrons. The molecule has 1 aromatic heterocycles. The minimum Gasteiger partial charge on any atom is -0.486 e. The van der Waals surface area contributed by atoms with Crippen LogP contribution in [0.25, 0.3) is 0 Å². The van der Waals surface area contributed by atoms with E-state index in [4.69, 9.17) is 4.74 Å². The molecular weight excluding hydrogens is 224 g/mol. The monoisotopic (exact) mass is 244 g/mol. The number of hydrogen-bond acceptors (Lipinski definition) is 2. The van der Waals surface area contributed by atoms with Gasteiger partial charge in [-0.15, -0.1) is 0 Å². The van der Waals surface area contributed by atoms with Gasteiger partial charge >= 0.3 is 0 Å². The van der Waals surface area contributed by atoms with Crippen molar-refractivity contribution in [2.24, 2.45) is 0 Å². The van der Waals surface area contributed by atoms with Crippen molar-refractivity contribution in [2.75, 3.05) is 0 Å². The maximum Gasteiger partial charge on any atom is 0.146 e. The van der Waals surface area contributed by atoms with Crippen molar-refractivity contribution < 1.29 is 4.74 Å². The normalized spacial score (nSPS) is 10.9. The number of rotatable bonds is 5. The van der Waals surface area contributed by atoms with Gasteiger partial charge in [0.1, 0.15) is 18.2 Å². The second kappa shape index (κ2) is 5.71. The zero-order valence-corrected chi connectivity index (χ0v) is 11.3. The van der Waals surface area contributed by atoms with Crippen molar-refractivity contribution in [3.05, 3.63) is 48.0 Å². The molecule has 0 N–H and O–H groups in total. The first-order chi connectivity index (χ1) is 8.70. The number of nitrogens with zero attached hydrogens (tertiary/aromatic N) is 2. The minimum absolute atomic E-state index is 0.516. The van der Waals surface area contributed by atoms with E-state index in [-0.39, 0.29) is 0 Å². The molecule has 0 saturated heterocycles. The van der Waals surface area contributed by atoms with Crippen molar-refractivity contribution in [2.45, 2.75) is 39.8 Å². The fourth-order valence-corrected chi connectivity index (χ4v) is 1.86. The molecule has 0 aliphatic carbocycles. The van der Waals surface area contributed by atoms with Crippen LogP contribution in [-0.2, 0) is 13.2 Å². The van der Waals surface area contributed by atoms with Crippen LogP contribution in [-0.4, -0.2) is 9.55 Å². The van der Waals surface area contributed by atoms with Crippen molar-refractivity contribution in [1.29, 1.82) is 0 Å². The highest BCUT2D eigenvalue weighted by atomic mass is 16.5. The first kappa shape index (κ1) is 12.7. The molecular formula is C15H20N2O. The van der Waals surface area contributed by atoms with Gasteiger partial charge in [-0.05, 0) is 30.5 Å². The maximum absolute atomic E-state index is 5.74. The Bertz CT molecular complexity index is 485. The van der Waals surface area contributed by atoms with Crippen LogP contribution in [0.5, 0.6) is 5.75 Å². The minimum atomic E-state index is 0.516. The highest BCUT2D eigenvalue weighted by Crippen LogP contribution is 2.19. The van der Waals surface area contributed by atoms with Crippen LogP contribution in [0.4, 0.5) is 0 Å². The summed E-state index contributed by atoms with van der Waals surface area (Å²) in [7, 11) is 0. The number of aryl methyl sites for hydroxylation is 1. The van der Waals surface area contributed by atoms with E-state index >= 15 is 0 Å². The van der Waals surface area contributed by atoms with E-state index in [0.717, 1.165) is 18.1 Å². The van der Waals surface area contributed by atoms with Crippen LogP contribution >= 0.6 is 0 Å². The zero-order valence-electron chi connectivity index (χ0n) is 11.3. The number of ether oxygens (including phenoxy) is 1. The first-order valence-corrected chi connectivity index (χ1v) is 6.43. The summed E-state index contributed by atoms with van der Waals surface area (Å²) < 4.78 is 7.83. The topological polar surface area (TPSA) is 27.1 Å².